The van der Waals surface area contributed by atoms with Gasteiger partial charge in [0.05, 0.1) is 23.5 Å². The van der Waals surface area contributed by atoms with Crippen LogP contribution in [0.5, 0.6) is 0 Å². The van der Waals surface area contributed by atoms with Crippen LogP contribution in [0.1, 0.15) is 30.0 Å². The maximum Gasteiger partial charge on any atom is 0.309 e. The van der Waals surface area contributed by atoms with E-state index in [4.69, 9.17) is 4.74 Å². The Bertz CT molecular complexity index is 520. The molecule has 0 atom stereocenters. The number of nitrogens with zero attached hydrogens (tertiary/aromatic N) is 1. The van der Waals surface area contributed by atoms with Gasteiger partial charge in [0.1, 0.15) is 0 Å². The molecule has 0 aliphatic carbocycles. The quantitative estimate of drug-likeness (QED) is 0.464. The first kappa shape index (κ1) is 14.9. The molecular weight excluding hydrogens is 246 g/mol. The Morgan fingerprint density at radius 1 is 1.42 bits per heavy atom. The number of aryl methyl sites for hydroxylation is 2. The number of benzene rings is 1. The van der Waals surface area contributed by atoms with Gasteiger partial charge in [0.15, 0.2) is 0 Å². The van der Waals surface area contributed by atoms with Crippen LogP contribution in [-0.4, -0.2) is 17.5 Å². The molecule has 0 aliphatic rings. The van der Waals surface area contributed by atoms with Gasteiger partial charge in [0.25, 0.3) is 5.69 Å². The van der Waals surface area contributed by atoms with Crippen LogP contribution < -0.4 is 0 Å². The number of hydrogen-bond donors (Lipinski definition) is 0. The van der Waals surface area contributed by atoms with Crippen LogP contribution in [0.4, 0.5) is 5.69 Å². The van der Waals surface area contributed by atoms with Crippen molar-refractivity contribution in [3.8, 4) is 0 Å². The Morgan fingerprint density at radius 3 is 2.68 bits per heavy atom. The summed E-state index contributed by atoms with van der Waals surface area (Å²) in [6, 6.07) is 3.40. The minimum Gasteiger partial charge on any atom is -0.466 e. The van der Waals surface area contributed by atoms with Crippen LogP contribution >= 0.6 is 0 Å². The Kier molecular flexibility index (Phi) is 5.23. The van der Waals surface area contributed by atoms with Crippen LogP contribution in [0.3, 0.4) is 0 Å². The lowest BCUT2D eigenvalue weighted by molar-refractivity contribution is -0.385. The summed E-state index contributed by atoms with van der Waals surface area (Å²) in [5, 5.41) is 11.0. The van der Waals surface area contributed by atoms with Gasteiger partial charge < -0.3 is 4.74 Å². The molecule has 102 valence electrons. The van der Waals surface area contributed by atoms with Gasteiger partial charge in [-0.3, -0.25) is 14.9 Å². The van der Waals surface area contributed by atoms with Crippen molar-refractivity contribution in [2.75, 3.05) is 6.61 Å². The first-order chi connectivity index (χ1) is 8.95. The second-order valence-electron chi connectivity index (χ2n) is 4.18. The standard InChI is InChI=1S/C14H17NO4/c1-4-19-14(16)7-5-6-12-11(3)8-10(2)9-13(12)15(17)18/h5-6,8-9H,4,7H2,1-3H3. The van der Waals surface area contributed by atoms with E-state index in [1.807, 2.05) is 19.9 Å². The summed E-state index contributed by atoms with van der Waals surface area (Å²) < 4.78 is 4.78. The van der Waals surface area contributed by atoms with Crippen molar-refractivity contribution in [1.82, 2.24) is 0 Å². The number of nitro benzene ring substituents is 1. The van der Waals surface area contributed by atoms with E-state index in [-0.39, 0.29) is 18.1 Å². The molecule has 0 amide bonds. The van der Waals surface area contributed by atoms with E-state index in [0.29, 0.717) is 12.2 Å². The smallest absolute Gasteiger partial charge is 0.309 e. The molecule has 1 rings (SSSR count). The average molecular weight is 263 g/mol. The molecule has 0 aromatic heterocycles. The Hall–Kier alpha value is -2.17. The van der Waals surface area contributed by atoms with E-state index < -0.39 is 4.92 Å². The van der Waals surface area contributed by atoms with Crippen molar-refractivity contribution in [3.63, 3.8) is 0 Å². The van der Waals surface area contributed by atoms with E-state index >= 15 is 0 Å². The minimum atomic E-state index is -0.413. The predicted molar refractivity (Wildman–Crippen MR) is 72.9 cm³/mol. The van der Waals surface area contributed by atoms with E-state index in [0.717, 1.165) is 11.1 Å². The third kappa shape index (κ3) is 4.21. The van der Waals surface area contributed by atoms with Gasteiger partial charge in [-0.05, 0) is 31.9 Å². The number of nitro groups is 1. The van der Waals surface area contributed by atoms with E-state index in [9.17, 15) is 14.9 Å². The number of hydrogen-bond acceptors (Lipinski definition) is 4. The summed E-state index contributed by atoms with van der Waals surface area (Å²) in [6.45, 7) is 5.68. The Morgan fingerprint density at radius 2 is 2.11 bits per heavy atom. The summed E-state index contributed by atoms with van der Waals surface area (Å²) >= 11 is 0. The zero-order valence-electron chi connectivity index (χ0n) is 11.3. The van der Waals surface area contributed by atoms with E-state index in [1.165, 1.54) is 6.07 Å². The Labute approximate surface area is 112 Å². The maximum atomic E-state index is 11.2. The van der Waals surface area contributed by atoms with Crippen LogP contribution in [0.2, 0.25) is 0 Å². The second kappa shape index (κ2) is 6.68. The van der Waals surface area contributed by atoms with Crippen molar-refractivity contribution in [2.45, 2.75) is 27.2 Å². The molecule has 0 N–H and O–H groups in total. The highest BCUT2D eigenvalue weighted by molar-refractivity contribution is 5.74. The summed E-state index contributed by atoms with van der Waals surface area (Å²) in [6.07, 6.45) is 3.30. The first-order valence-corrected chi connectivity index (χ1v) is 6.03. The summed E-state index contributed by atoms with van der Waals surface area (Å²) in [4.78, 5) is 21.8. The molecule has 0 heterocycles. The molecule has 5 nitrogen and oxygen atoms in total. The van der Waals surface area contributed by atoms with Crippen LogP contribution in [-0.2, 0) is 9.53 Å². The molecule has 0 fully saturated rings. The minimum absolute atomic E-state index is 0.0533. The SMILES string of the molecule is CCOC(=O)CC=Cc1c(C)cc(C)cc1[N+](=O)[O-]. The number of rotatable bonds is 5. The second-order valence-corrected chi connectivity index (χ2v) is 4.18. The molecule has 0 saturated carbocycles. The highest BCUT2D eigenvalue weighted by Gasteiger charge is 2.14. The predicted octanol–water partition coefficient (Wildman–Crippen LogP) is 3.18. The van der Waals surface area contributed by atoms with E-state index in [1.54, 1.807) is 19.1 Å². The average Bonchev–Trinajstić information content (AvgIpc) is 2.31. The summed E-state index contributed by atoms with van der Waals surface area (Å²) in [5.41, 5.74) is 2.23. The topological polar surface area (TPSA) is 69.4 Å². The maximum absolute atomic E-state index is 11.2. The summed E-state index contributed by atoms with van der Waals surface area (Å²) in [5.74, 6) is -0.342. The number of esters is 1. The molecule has 0 radical (unpaired) electrons. The molecule has 0 unspecified atom stereocenters. The van der Waals surface area contributed by atoms with Crippen molar-refractivity contribution in [3.05, 3.63) is 45.0 Å². The largest absolute Gasteiger partial charge is 0.466 e. The third-order valence-electron chi connectivity index (χ3n) is 2.58. The third-order valence-corrected chi connectivity index (χ3v) is 2.58. The normalized spacial score (nSPS) is 10.7. The van der Waals surface area contributed by atoms with Crippen LogP contribution in [0.25, 0.3) is 6.08 Å². The molecule has 5 heteroatoms. The molecule has 19 heavy (non-hydrogen) atoms. The molecule has 0 aliphatic heterocycles. The fraction of sp³-hybridized carbons (Fsp3) is 0.357. The molecule has 0 spiro atoms. The van der Waals surface area contributed by atoms with Gasteiger partial charge in [-0.25, -0.2) is 0 Å². The number of carbonyl (C=O) groups is 1. The molecule has 0 bridgehead atoms. The van der Waals surface area contributed by atoms with Crippen molar-refractivity contribution < 1.29 is 14.5 Å². The number of ether oxygens (including phenoxy) is 1. The lowest BCUT2D eigenvalue weighted by Crippen LogP contribution is -2.01. The van der Waals surface area contributed by atoms with Gasteiger partial charge >= 0.3 is 5.97 Å². The zero-order chi connectivity index (χ0) is 14.4. The molecule has 0 saturated heterocycles. The van der Waals surface area contributed by atoms with Gasteiger partial charge in [-0.1, -0.05) is 18.2 Å². The van der Waals surface area contributed by atoms with Gasteiger partial charge in [-0.2, -0.15) is 0 Å². The van der Waals surface area contributed by atoms with Crippen molar-refractivity contribution >= 4 is 17.7 Å². The van der Waals surface area contributed by atoms with Crippen LogP contribution in [0.15, 0.2) is 18.2 Å². The van der Waals surface area contributed by atoms with Crippen molar-refractivity contribution in [1.29, 1.82) is 0 Å². The van der Waals surface area contributed by atoms with Crippen molar-refractivity contribution in [2.24, 2.45) is 0 Å². The lowest BCUT2D eigenvalue weighted by atomic mass is 10.0. The molecule has 1 aromatic rings. The Balaban J connectivity index is 2.97. The van der Waals surface area contributed by atoms with Gasteiger partial charge in [-0.15, -0.1) is 0 Å². The fourth-order valence-electron chi connectivity index (χ4n) is 1.82. The van der Waals surface area contributed by atoms with E-state index in [2.05, 4.69) is 0 Å². The highest BCUT2D eigenvalue weighted by atomic mass is 16.6. The molecule has 1 aromatic carbocycles. The number of carbonyl (C=O) groups excluding carboxylic acids is 1. The monoisotopic (exact) mass is 263 g/mol. The first-order valence-electron chi connectivity index (χ1n) is 6.03. The van der Waals surface area contributed by atoms with Crippen LogP contribution in [0, 0.1) is 24.0 Å². The van der Waals surface area contributed by atoms with Gasteiger partial charge in [0, 0.05) is 6.07 Å². The lowest BCUT2D eigenvalue weighted by Gasteiger charge is -2.04. The fourth-order valence-corrected chi connectivity index (χ4v) is 1.82. The molecular formula is C14H17NO4. The van der Waals surface area contributed by atoms with Gasteiger partial charge in [0.2, 0.25) is 0 Å². The summed E-state index contributed by atoms with van der Waals surface area (Å²) in [7, 11) is 0. The highest BCUT2D eigenvalue weighted by Crippen LogP contribution is 2.25. The zero-order valence-corrected chi connectivity index (χ0v) is 11.3.